The zero-order valence-corrected chi connectivity index (χ0v) is 30.1. The highest BCUT2D eigenvalue weighted by molar-refractivity contribution is 6.06. The van der Waals surface area contributed by atoms with Crippen molar-refractivity contribution in [1.29, 1.82) is 0 Å². The third kappa shape index (κ3) is 3.38. The topological polar surface area (TPSA) is 25.6 Å². The molecular formula is C48H45NO2. The van der Waals surface area contributed by atoms with Crippen LogP contribution in [0.2, 0.25) is 0 Å². The molecule has 0 amide bonds. The summed E-state index contributed by atoms with van der Waals surface area (Å²) >= 11 is 0. The first-order valence-corrected chi connectivity index (χ1v) is 19.5. The molecule has 5 aromatic carbocycles. The van der Waals surface area contributed by atoms with Crippen molar-refractivity contribution in [1.82, 2.24) is 0 Å². The second-order valence-corrected chi connectivity index (χ2v) is 18.4. The van der Waals surface area contributed by atoms with Crippen LogP contribution >= 0.6 is 0 Å². The summed E-state index contributed by atoms with van der Waals surface area (Å²) in [5, 5.41) is 2.30. The Bertz CT molecular complexity index is 2480. The minimum absolute atomic E-state index is 0.0304. The highest BCUT2D eigenvalue weighted by Crippen LogP contribution is 2.89. The molecule has 254 valence electrons. The molecule has 4 fully saturated rings. The number of anilines is 3. The number of fused-ring (bicyclic) bond motifs is 11. The van der Waals surface area contributed by atoms with Gasteiger partial charge in [-0.3, -0.25) is 0 Å². The first-order valence-electron chi connectivity index (χ1n) is 19.5. The van der Waals surface area contributed by atoms with Gasteiger partial charge in [-0.2, -0.15) is 0 Å². The minimum Gasteiger partial charge on any atom is -0.457 e. The Morgan fingerprint density at radius 2 is 1.33 bits per heavy atom. The molecule has 6 aliphatic rings. The van der Waals surface area contributed by atoms with Gasteiger partial charge in [0.05, 0.1) is 5.69 Å². The van der Waals surface area contributed by atoms with Crippen LogP contribution in [0.15, 0.2) is 108 Å². The SMILES string of the molecule is CC1(C)CCC(C)(C)c2c(N(c3ccc4c(c3)Oc3ccccc3C43C4CC5CC6CC3C64C5)c3ccc4oc5ccccc5c4c3)cccc21. The molecule has 0 N–H and O–H groups in total. The van der Waals surface area contributed by atoms with E-state index < -0.39 is 0 Å². The van der Waals surface area contributed by atoms with E-state index in [1.807, 2.05) is 0 Å². The molecule has 6 atom stereocenters. The average molecular weight is 668 g/mol. The molecule has 51 heavy (non-hydrogen) atoms. The second-order valence-electron chi connectivity index (χ2n) is 18.4. The van der Waals surface area contributed by atoms with Gasteiger partial charge in [-0.05, 0) is 132 Å². The van der Waals surface area contributed by atoms with E-state index in [1.54, 1.807) is 0 Å². The number of hydrogen-bond acceptors (Lipinski definition) is 3. The van der Waals surface area contributed by atoms with Crippen LogP contribution in [0, 0.1) is 29.1 Å². The first-order chi connectivity index (χ1) is 24.7. The molecule has 2 heterocycles. The maximum Gasteiger partial charge on any atom is 0.135 e. The van der Waals surface area contributed by atoms with Gasteiger partial charge < -0.3 is 14.1 Å². The van der Waals surface area contributed by atoms with E-state index in [9.17, 15) is 0 Å². The van der Waals surface area contributed by atoms with Gasteiger partial charge in [-0.15, -0.1) is 0 Å². The lowest BCUT2D eigenvalue weighted by atomic mass is 9.26. The van der Waals surface area contributed by atoms with Crippen molar-refractivity contribution < 1.29 is 9.15 Å². The fourth-order valence-electron chi connectivity index (χ4n) is 13.4. The smallest absolute Gasteiger partial charge is 0.135 e. The zero-order valence-electron chi connectivity index (χ0n) is 30.1. The van der Waals surface area contributed by atoms with Gasteiger partial charge in [0, 0.05) is 44.8 Å². The fraction of sp³-hybridized carbons (Fsp3) is 0.375. The standard InChI is InChI=1S/C48H45NO2/c1-45(2)20-21-46(3,4)44-36(45)12-9-13-37(44)49(30-17-19-39-33(25-30)32-10-5-7-14-38(32)50-39)31-16-18-35-41(26-31)51-40-15-8-6-11-34(40)48(35)42-23-28-22-29-24-43(48)47(29,42)27-28/h5-19,25-26,28-29,42-43H,20-24,27H2,1-4H3. The van der Waals surface area contributed by atoms with E-state index in [0.717, 1.165) is 74.9 Å². The molecular weight excluding hydrogens is 623 g/mol. The summed E-state index contributed by atoms with van der Waals surface area (Å²) in [6.07, 6.45) is 8.05. The molecule has 1 aliphatic heterocycles. The molecule has 3 heteroatoms. The summed E-state index contributed by atoms with van der Waals surface area (Å²) in [6, 6.07) is 38.5. The Morgan fingerprint density at radius 3 is 2.24 bits per heavy atom. The van der Waals surface area contributed by atoms with E-state index in [0.29, 0.717) is 5.41 Å². The number of furan rings is 1. The van der Waals surface area contributed by atoms with E-state index in [2.05, 4.69) is 136 Å². The number of nitrogens with zero attached hydrogens (tertiary/aromatic N) is 1. The Balaban J connectivity index is 1.09. The predicted octanol–water partition coefficient (Wildman–Crippen LogP) is 12.9. The van der Waals surface area contributed by atoms with Crippen molar-refractivity contribution in [2.24, 2.45) is 29.1 Å². The van der Waals surface area contributed by atoms with Crippen LogP contribution in [0.4, 0.5) is 17.1 Å². The fourth-order valence-corrected chi connectivity index (χ4v) is 13.4. The van der Waals surface area contributed by atoms with Crippen LogP contribution in [-0.2, 0) is 16.2 Å². The zero-order chi connectivity index (χ0) is 34.1. The molecule has 6 unspecified atom stereocenters. The lowest BCUT2D eigenvalue weighted by Crippen LogP contribution is -2.74. The van der Waals surface area contributed by atoms with Gasteiger partial charge in [-0.25, -0.2) is 0 Å². The van der Waals surface area contributed by atoms with Crippen LogP contribution in [0.25, 0.3) is 21.9 Å². The van der Waals surface area contributed by atoms with Crippen molar-refractivity contribution in [3.8, 4) is 11.5 Å². The third-order valence-corrected chi connectivity index (χ3v) is 15.4. The van der Waals surface area contributed by atoms with Gasteiger partial charge in [0.25, 0.3) is 0 Å². The van der Waals surface area contributed by atoms with Gasteiger partial charge in [-0.1, -0.05) is 82.3 Å². The quantitative estimate of drug-likeness (QED) is 0.188. The van der Waals surface area contributed by atoms with Gasteiger partial charge in [0.1, 0.15) is 22.7 Å². The van der Waals surface area contributed by atoms with E-state index in [4.69, 9.17) is 9.15 Å². The molecule has 1 aromatic heterocycles. The van der Waals surface area contributed by atoms with Gasteiger partial charge in [0.15, 0.2) is 0 Å². The monoisotopic (exact) mass is 667 g/mol. The van der Waals surface area contributed by atoms with Crippen LogP contribution < -0.4 is 9.64 Å². The highest BCUT2D eigenvalue weighted by Gasteiger charge is 2.84. The molecule has 3 nitrogen and oxygen atoms in total. The van der Waals surface area contributed by atoms with E-state index in [1.165, 1.54) is 60.0 Å². The van der Waals surface area contributed by atoms with E-state index >= 15 is 0 Å². The largest absolute Gasteiger partial charge is 0.457 e. The summed E-state index contributed by atoms with van der Waals surface area (Å²) in [6.45, 7) is 9.74. The molecule has 2 bridgehead atoms. The Kier molecular flexibility index (Phi) is 5.30. The van der Waals surface area contributed by atoms with Crippen LogP contribution in [0.5, 0.6) is 11.5 Å². The number of benzene rings is 5. The summed E-state index contributed by atoms with van der Waals surface area (Å²) < 4.78 is 13.4. The van der Waals surface area contributed by atoms with Crippen molar-refractivity contribution in [3.63, 3.8) is 0 Å². The van der Waals surface area contributed by atoms with Crippen LogP contribution in [0.1, 0.15) is 88.5 Å². The van der Waals surface area contributed by atoms with Crippen LogP contribution in [-0.4, -0.2) is 0 Å². The summed E-state index contributed by atoms with van der Waals surface area (Å²) in [5.41, 5.74) is 12.0. The molecule has 2 spiro atoms. The second kappa shape index (κ2) is 9.29. The van der Waals surface area contributed by atoms with Gasteiger partial charge in [0.2, 0.25) is 0 Å². The Hall–Kier alpha value is -4.50. The molecule has 5 aliphatic carbocycles. The average Bonchev–Trinajstić information content (AvgIpc) is 3.79. The number of para-hydroxylation sites is 2. The minimum atomic E-state index is 0.0304. The van der Waals surface area contributed by atoms with Gasteiger partial charge >= 0.3 is 0 Å². The maximum absolute atomic E-state index is 7.02. The first kappa shape index (κ1) is 29.1. The summed E-state index contributed by atoms with van der Waals surface area (Å²) in [4.78, 5) is 2.53. The maximum atomic E-state index is 7.02. The third-order valence-electron chi connectivity index (χ3n) is 15.4. The molecule has 0 radical (unpaired) electrons. The van der Waals surface area contributed by atoms with Crippen molar-refractivity contribution in [3.05, 3.63) is 125 Å². The number of hydrogen-bond donors (Lipinski definition) is 0. The summed E-state index contributed by atoms with van der Waals surface area (Å²) in [7, 11) is 0. The van der Waals surface area contributed by atoms with E-state index in [-0.39, 0.29) is 16.2 Å². The predicted molar refractivity (Wildman–Crippen MR) is 206 cm³/mol. The lowest BCUT2D eigenvalue weighted by molar-refractivity contribution is -0.235. The molecule has 4 saturated carbocycles. The lowest BCUT2D eigenvalue weighted by Gasteiger charge is -2.77. The molecule has 12 rings (SSSR count). The molecule has 6 aromatic rings. The van der Waals surface area contributed by atoms with Crippen LogP contribution in [0.3, 0.4) is 0 Å². The van der Waals surface area contributed by atoms with Crippen molar-refractivity contribution in [2.75, 3.05) is 4.90 Å². The normalized spacial score (nSPS) is 30.9. The number of ether oxygens (including phenoxy) is 1. The molecule has 0 saturated heterocycles. The summed E-state index contributed by atoms with van der Waals surface area (Å²) in [5.74, 6) is 5.47. The highest BCUT2D eigenvalue weighted by atomic mass is 16.5. The Morgan fingerprint density at radius 1 is 0.608 bits per heavy atom. The van der Waals surface area contributed by atoms with Crippen molar-refractivity contribution in [2.45, 2.75) is 82.5 Å². The number of rotatable bonds is 3. The Labute approximate surface area is 300 Å². The van der Waals surface area contributed by atoms with Crippen molar-refractivity contribution >= 4 is 39.0 Å².